The Labute approximate surface area is 102 Å². The summed E-state index contributed by atoms with van der Waals surface area (Å²) in [6.07, 6.45) is 10.2. The molecule has 2 N–H and O–H groups in total. The molecule has 1 aromatic heterocycles. The van der Waals surface area contributed by atoms with Crippen LogP contribution in [0, 0.1) is 0 Å². The van der Waals surface area contributed by atoms with Gasteiger partial charge in [-0.3, -0.25) is 0 Å². The Morgan fingerprint density at radius 3 is 2.47 bits per heavy atom. The zero-order chi connectivity index (χ0) is 11.7. The number of aromatic nitrogens is 2. The van der Waals surface area contributed by atoms with Gasteiger partial charge in [-0.15, -0.1) is 0 Å². The summed E-state index contributed by atoms with van der Waals surface area (Å²) in [5.41, 5.74) is 7.28. The van der Waals surface area contributed by atoms with Crippen LogP contribution in [0.1, 0.15) is 43.6 Å². The topological polar surface area (TPSA) is 55.0 Å². The van der Waals surface area contributed by atoms with Gasteiger partial charge in [0.2, 0.25) is 5.95 Å². The Kier molecular flexibility index (Phi) is 2.97. The van der Waals surface area contributed by atoms with E-state index in [0.717, 1.165) is 31.9 Å². The lowest BCUT2D eigenvalue weighted by Gasteiger charge is -2.31. The highest BCUT2D eigenvalue weighted by molar-refractivity contribution is 5.32. The highest BCUT2D eigenvalue weighted by atomic mass is 15.3. The van der Waals surface area contributed by atoms with Gasteiger partial charge in [0, 0.05) is 31.5 Å². The lowest BCUT2D eigenvalue weighted by molar-refractivity contribution is 0.417. The largest absolute Gasteiger partial charge is 0.339 e. The summed E-state index contributed by atoms with van der Waals surface area (Å²) in [6.45, 7) is 1.93. The first-order chi connectivity index (χ1) is 8.33. The number of piperidine rings is 1. The first-order valence-electron chi connectivity index (χ1n) is 6.65. The maximum absolute atomic E-state index is 5.97. The molecule has 17 heavy (non-hydrogen) atoms. The first-order valence-corrected chi connectivity index (χ1v) is 6.65. The van der Waals surface area contributed by atoms with E-state index in [1.807, 2.05) is 12.4 Å². The Balaban J connectivity index is 1.70. The van der Waals surface area contributed by atoms with Crippen molar-refractivity contribution in [1.29, 1.82) is 0 Å². The fourth-order valence-electron chi connectivity index (χ4n) is 2.64. The summed E-state index contributed by atoms with van der Waals surface area (Å²) in [5.74, 6) is 1.57. The van der Waals surface area contributed by atoms with E-state index < -0.39 is 0 Å². The van der Waals surface area contributed by atoms with Crippen LogP contribution in [0.4, 0.5) is 5.95 Å². The maximum Gasteiger partial charge on any atom is 0.225 e. The third-order valence-electron chi connectivity index (χ3n) is 3.98. The van der Waals surface area contributed by atoms with Crippen molar-refractivity contribution in [3.8, 4) is 0 Å². The molecule has 4 nitrogen and oxygen atoms in total. The van der Waals surface area contributed by atoms with Crippen LogP contribution in [0.5, 0.6) is 0 Å². The zero-order valence-electron chi connectivity index (χ0n) is 10.2. The molecule has 2 aliphatic rings. The van der Waals surface area contributed by atoms with Crippen LogP contribution in [0.15, 0.2) is 12.4 Å². The van der Waals surface area contributed by atoms with Crippen LogP contribution >= 0.6 is 0 Å². The molecule has 0 aromatic carbocycles. The first kappa shape index (κ1) is 11.0. The quantitative estimate of drug-likeness (QED) is 0.842. The number of hydrogen-bond donors (Lipinski definition) is 1. The van der Waals surface area contributed by atoms with Crippen LogP contribution < -0.4 is 10.6 Å². The minimum atomic E-state index is 0.277. The van der Waals surface area contributed by atoms with E-state index in [2.05, 4.69) is 14.9 Å². The molecule has 1 aliphatic heterocycles. The third kappa shape index (κ3) is 2.27. The fourth-order valence-corrected chi connectivity index (χ4v) is 2.64. The van der Waals surface area contributed by atoms with Crippen molar-refractivity contribution >= 4 is 5.95 Å². The summed E-state index contributed by atoms with van der Waals surface area (Å²) >= 11 is 0. The lowest BCUT2D eigenvalue weighted by atomic mass is 9.81. The Hall–Kier alpha value is -1.16. The number of rotatable bonds is 2. The number of nitrogens with two attached hydrogens (primary N) is 1. The molecule has 3 rings (SSSR count). The smallest absolute Gasteiger partial charge is 0.225 e. The van der Waals surface area contributed by atoms with E-state index in [1.54, 1.807) is 0 Å². The van der Waals surface area contributed by atoms with Crippen molar-refractivity contribution in [2.45, 2.75) is 44.1 Å². The van der Waals surface area contributed by atoms with E-state index in [1.165, 1.54) is 24.8 Å². The zero-order valence-corrected chi connectivity index (χ0v) is 10.2. The van der Waals surface area contributed by atoms with Gasteiger partial charge >= 0.3 is 0 Å². The van der Waals surface area contributed by atoms with Crippen LogP contribution in [-0.4, -0.2) is 29.1 Å². The lowest BCUT2D eigenvalue weighted by Crippen LogP contribution is -2.43. The summed E-state index contributed by atoms with van der Waals surface area (Å²) < 4.78 is 0. The average Bonchev–Trinajstić information content (AvgIpc) is 2.28. The van der Waals surface area contributed by atoms with E-state index in [-0.39, 0.29) is 6.04 Å². The molecular formula is C13H20N4. The standard InChI is InChI=1S/C13H20N4/c14-12-5-2-6-17(9-12)13-15-7-11(8-16-13)10-3-1-4-10/h7-8,10,12H,1-6,9,14H2. The van der Waals surface area contributed by atoms with Gasteiger partial charge in [0.25, 0.3) is 0 Å². The molecule has 1 unspecified atom stereocenters. The molecule has 1 saturated heterocycles. The van der Waals surface area contributed by atoms with Crippen molar-refractivity contribution in [3.05, 3.63) is 18.0 Å². The molecule has 92 valence electrons. The molecule has 1 saturated carbocycles. The minimum absolute atomic E-state index is 0.277. The van der Waals surface area contributed by atoms with Crippen molar-refractivity contribution < 1.29 is 0 Å². The molecular weight excluding hydrogens is 212 g/mol. The van der Waals surface area contributed by atoms with E-state index in [4.69, 9.17) is 5.73 Å². The van der Waals surface area contributed by atoms with Crippen molar-refractivity contribution in [2.24, 2.45) is 5.73 Å². The summed E-state index contributed by atoms with van der Waals surface area (Å²) in [6, 6.07) is 0.277. The normalized spacial score (nSPS) is 25.7. The molecule has 1 aromatic rings. The second-order valence-electron chi connectivity index (χ2n) is 5.29. The van der Waals surface area contributed by atoms with Gasteiger partial charge in [-0.25, -0.2) is 9.97 Å². The Morgan fingerprint density at radius 1 is 1.12 bits per heavy atom. The van der Waals surface area contributed by atoms with Crippen molar-refractivity contribution in [1.82, 2.24) is 9.97 Å². The predicted octanol–water partition coefficient (Wildman–Crippen LogP) is 1.67. The molecule has 2 heterocycles. The van der Waals surface area contributed by atoms with Crippen LogP contribution in [0.25, 0.3) is 0 Å². The molecule has 2 fully saturated rings. The predicted molar refractivity (Wildman–Crippen MR) is 68.0 cm³/mol. The highest BCUT2D eigenvalue weighted by Crippen LogP contribution is 2.35. The van der Waals surface area contributed by atoms with E-state index in [9.17, 15) is 0 Å². The average molecular weight is 232 g/mol. The Bertz CT molecular complexity index is 372. The van der Waals surface area contributed by atoms with Gasteiger partial charge in [0.15, 0.2) is 0 Å². The highest BCUT2D eigenvalue weighted by Gasteiger charge is 2.22. The second-order valence-corrected chi connectivity index (χ2v) is 5.29. The van der Waals surface area contributed by atoms with Gasteiger partial charge in [-0.1, -0.05) is 6.42 Å². The molecule has 1 aliphatic carbocycles. The molecule has 4 heteroatoms. The van der Waals surface area contributed by atoms with Crippen LogP contribution in [-0.2, 0) is 0 Å². The molecule has 0 amide bonds. The fraction of sp³-hybridized carbons (Fsp3) is 0.692. The molecule has 0 bridgehead atoms. The van der Waals surface area contributed by atoms with E-state index in [0.29, 0.717) is 5.92 Å². The minimum Gasteiger partial charge on any atom is -0.339 e. The molecule has 1 atom stereocenters. The van der Waals surface area contributed by atoms with Crippen molar-refractivity contribution in [3.63, 3.8) is 0 Å². The number of nitrogens with zero attached hydrogens (tertiary/aromatic N) is 3. The third-order valence-corrected chi connectivity index (χ3v) is 3.98. The molecule has 0 spiro atoms. The monoisotopic (exact) mass is 232 g/mol. The number of hydrogen-bond acceptors (Lipinski definition) is 4. The van der Waals surface area contributed by atoms with E-state index >= 15 is 0 Å². The summed E-state index contributed by atoms with van der Waals surface area (Å²) in [4.78, 5) is 11.2. The molecule has 0 radical (unpaired) electrons. The van der Waals surface area contributed by atoms with Gasteiger partial charge in [0.05, 0.1) is 0 Å². The Morgan fingerprint density at radius 2 is 1.88 bits per heavy atom. The SMILES string of the molecule is NC1CCCN(c2ncc(C3CCC3)cn2)C1. The van der Waals surface area contributed by atoms with Gasteiger partial charge < -0.3 is 10.6 Å². The van der Waals surface area contributed by atoms with Gasteiger partial charge in [0.1, 0.15) is 0 Å². The van der Waals surface area contributed by atoms with Gasteiger partial charge in [-0.05, 0) is 37.2 Å². The number of anilines is 1. The van der Waals surface area contributed by atoms with Crippen LogP contribution in [0.3, 0.4) is 0 Å². The summed E-state index contributed by atoms with van der Waals surface area (Å²) in [5, 5.41) is 0. The van der Waals surface area contributed by atoms with Gasteiger partial charge in [-0.2, -0.15) is 0 Å². The second kappa shape index (κ2) is 4.61. The summed E-state index contributed by atoms with van der Waals surface area (Å²) in [7, 11) is 0. The van der Waals surface area contributed by atoms with Crippen molar-refractivity contribution in [2.75, 3.05) is 18.0 Å². The maximum atomic E-state index is 5.97. The van der Waals surface area contributed by atoms with Crippen LogP contribution in [0.2, 0.25) is 0 Å².